The molecular weight excluding hydrogens is 262 g/mol. The molecule has 0 bridgehead atoms. The Balaban J connectivity index is 1.51. The average Bonchev–Trinajstić information content (AvgIpc) is 2.89. The minimum absolute atomic E-state index is 0.112. The molecule has 4 heteroatoms. The summed E-state index contributed by atoms with van der Waals surface area (Å²) >= 11 is 0. The zero-order valence-electron chi connectivity index (χ0n) is 12.6. The van der Waals surface area contributed by atoms with Crippen molar-refractivity contribution in [2.75, 3.05) is 18.4 Å². The van der Waals surface area contributed by atoms with Gasteiger partial charge in [0.05, 0.1) is 11.9 Å². The van der Waals surface area contributed by atoms with Crippen molar-refractivity contribution in [3.05, 3.63) is 24.5 Å². The van der Waals surface area contributed by atoms with Gasteiger partial charge in [0.2, 0.25) is 5.91 Å². The monoisotopic (exact) mass is 287 g/mol. The average molecular weight is 287 g/mol. The van der Waals surface area contributed by atoms with Gasteiger partial charge in [-0.05, 0) is 49.3 Å². The maximum Gasteiger partial charge on any atom is 0.224 e. The Kier molecular flexibility index (Phi) is 4.54. The van der Waals surface area contributed by atoms with Crippen molar-refractivity contribution >= 4 is 11.6 Å². The highest BCUT2D eigenvalue weighted by atomic mass is 16.1. The van der Waals surface area contributed by atoms with E-state index < -0.39 is 0 Å². The maximum atomic E-state index is 12.1. The number of nitrogens with one attached hydrogen (secondary N) is 2. The topological polar surface area (TPSA) is 54.0 Å². The van der Waals surface area contributed by atoms with Gasteiger partial charge in [-0.1, -0.05) is 19.3 Å². The van der Waals surface area contributed by atoms with Crippen molar-refractivity contribution in [3.63, 3.8) is 0 Å². The van der Waals surface area contributed by atoms with Crippen molar-refractivity contribution in [3.8, 4) is 0 Å². The molecular formula is C17H25N3O. The van der Waals surface area contributed by atoms with Crippen LogP contribution in [-0.2, 0) is 4.79 Å². The van der Waals surface area contributed by atoms with Crippen LogP contribution in [0.2, 0.25) is 0 Å². The second-order valence-electron chi connectivity index (χ2n) is 6.58. The van der Waals surface area contributed by atoms with Gasteiger partial charge in [-0.2, -0.15) is 0 Å². The summed E-state index contributed by atoms with van der Waals surface area (Å²) < 4.78 is 0. The third-order valence-electron chi connectivity index (χ3n) is 5.25. The number of carbonyl (C=O) groups is 1. The molecule has 1 aliphatic heterocycles. The van der Waals surface area contributed by atoms with Gasteiger partial charge in [-0.3, -0.25) is 9.78 Å². The normalized spacial score (nSPS) is 24.1. The summed E-state index contributed by atoms with van der Waals surface area (Å²) in [6.07, 6.45) is 11.8. The molecule has 0 aromatic carbocycles. The van der Waals surface area contributed by atoms with Crippen LogP contribution in [0.4, 0.5) is 5.69 Å². The molecule has 1 saturated heterocycles. The van der Waals surface area contributed by atoms with Crippen LogP contribution in [0.5, 0.6) is 0 Å². The summed E-state index contributed by atoms with van der Waals surface area (Å²) in [7, 11) is 0. The lowest BCUT2D eigenvalue weighted by Crippen LogP contribution is -2.33. The molecule has 0 radical (unpaired) electrons. The molecule has 2 heterocycles. The maximum absolute atomic E-state index is 12.1. The van der Waals surface area contributed by atoms with Gasteiger partial charge in [0, 0.05) is 19.2 Å². The molecule has 1 aromatic heterocycles. The van der Waals surface area contributed by atoms with Gasteiger partial charge in [0.1, 0.15) is 0 Å². The van der Waals surface area contributed by atoms with Crippen molar-refractivity contribution < 1.29 is 4.79 Å². The lowest BCUT2D eigenvalue weighted by atomic mass is 9.66. The van der Waals surface area contributed by atoms with Crippen molar-refractivity contribution in [2.24, 2.45) is 11.3 Å². The Bertz CT molecular complexity index is 468. The smallest absolute Gasteiger partial charge is 0.224 e. The Morgan fingerprint density at radius 3 is 3.00 bits per heavy atom. The molecule has 1 aromatic rings. The quantitative estimate of drug-likeness (QED) is 0.895. The van der Waals surface area contributed by atoms with Crippen LogP contribution in [0.1, 0.15) is 44.9 Å². The number of rotatable bonds is 4. The third kappa shape index (κ3) is 3.43. The number of pyridine rings is 1. The number of nitrogens with zero attached hydrogens (tertiary/aromatic N) is 1. The van der Waals surface area contributed by atoms with Gasteiger partial charge in [-0.25, -0.2) is 0 Å². The van der Waals surface area contributed by atoms with Crippen LogP contribution >= 0.6 is 0 Å². The highest BCUT2D eigenvalue weighted by Crippen LogP contribution is 2.46. The Hall–Kier alpha value is -1.42. The minimum atomic E-state index is 0.112. The van der Waals surface area contributed by atoms with Crippen molar-refractivity contribution in [1.82, 2.24) is 10.3 Å². The first-order chi connectivity index (χ1) is 10.3. The van der Waals surface area contributed by atoms with Gasteiger partial charge in [0.25, 0.3) is 0 Å². The molecule has 1 aliphatic carbocycles. The number of aromatic nitrogens is 1. The molecule has 1 amide bonds. The first-order valence-electron chi connectivity index (χ1n) is 8.19. The van der Waals surface area contributed by atoms with E-state index in [2.05, 4.69) is 15.6 Å². The summed E-state index contributed by atoms with van der Waals surface area (Å²) in [5, 5.41) is 6.50. The number of carbonyl (C=O) groups excluding carboxylic acids is 1. The van der Waals surface area contributed by atoms with E-state index >= 15 is 0 Å². The number of amides is 1. The van der Waals surface area contributed by atoms with Crippen LogP contribution < -0.4 is 10.6 Å². The predicted molar refractivity (Wildman–Crippen MR) is 84.0 cm³/mol. The summed E-state index contributed by atoms with van der Waals surface area (Å²) in [5.74, 6) is 0.776. The lowest BCUT2D eigenvalue weighted by Gasteiger charge is -2.38. The van der Waals surface area contributed by atoms with E-state index in [0.29, 0.717) is 17.8 Å². The molecule has 1 atom stereocenters. The summed E-state index contributed by atoms with van der Waals surface area (Å²) in [4.78, 5) is 16.1. The van der Waals surface area contributed by atoms with Crippen molar-refractivity contribution in [1.29, 1.82) is 0 Å². The van der Waals surface area contributed by atoms with E-state index in [1.165, 1.54) is 32.1 Å². The molecule has 2 fully saturated rings. The predicted octanol–water partition coefficient (Wildman–Crippen LogP) is 2.97. The van der Waals surface area contributed by atoms with Crippen LogP contribution in [0.25, 0.3) is 0 Å². The Morgan fingerprint density at radius 2 is 2.24 bits per heavy atom. The van der Waals surface area contributed by atoms with Crippen LogP contribution in [0.3, 0.4) is 0 Å². The molecule has 2 aliphatic rings. The van der Waals surface area contributed by atoms with E-state index in [-0.39, 0.29) is 5.91 Å². The van der Waals surface area contributed by atoms with Gasteiger partial charge < -0.3 is 10.6 Å². The first kappa shape index (κ1) is 14.5. The zero-order chi connectivity index (χ0) is 14.5. The second kappa shape index (κ2) is 6.56. The fourth-order valence-electron chi connectivity index (χ4n) is 4.07. The van der Waals surface area contributed by atoms with Gasteiger partial charge in [0.15, 0.2) is 0 Å². The first-order valence-corrected chi connectivity index (χ1v) is 8.19. The van der Waals surface area contributed by atoms with E-state index in [9.17, 15) is 4.79 Å². The lowest BCUT2D eigenvalue weighted by molar-refractivity contribution is -0.116. The van der Waals surface area contributed by atoms with Crippen LogP contribution in [-0.4, -0.2) is 24.0 Å². The van der Waals surface area contributed by atoms with E-state index in [1.54, 1.807) is 12.4 Å². The molecule has 114 valence electrons. The van der Waals surface area contributed by atoms with Crippen LogP contribution in [0, 0.1) is 11.3 Å². The van der Waals surface area contributed by atoms with Crippen molar-refractivity contribution in [2.45, 2.75) is 44.9 Å². The van der Waals surface area contributed by atoms with E-state index in [0.717, 1.165) is 25.2 Å². The second-order valence-corrected chi connectivity index (χ2v) is 6.58. The zero-order valence-corrected chi connectivity index (χ0v) is 12.6. The van der Waals surface area contributed by atoms with E-state index in [4.69, 9.17) is 0 Å². The van der Waals surface area contributed by atoms with Gasteiger partial charge >= 0.3 is 0 Å². The molecule has 2 N–H and O–H groups in total. The fraction of sp³-hybridized carbons (Fsp3) is 0.647. The highest BCUT2D eigenvalue weighted by Gasteiger charge is 2.42. The molecule has 1 saturated carbocycles. The van der Waals surface area contributed by atoms with Gasteiger partial charge in [-0.15, -0.1) is 0 Å². The molecule has 4 nitrogen and oxygen atoms in total. The van der Waals surface area contributed by atoms with Crippen LogP contribution in [0.15, 0.2) is 24.5 Å². The standard InChI is InChI=1S/C17H25N3O/c21-16(20-15-5-4-10-18-12-15)7-6-14-11-19-13-17(14)8-2-1-3-9-17/h4-5,10,12,14,19H,1-3,6-9,11,13H2,(H,20,21). The molecule has 1 spiro atoms. The largest absolute Gasteiger partial charge is 0.325 e. The third-order valence-corrected chi connectivity index (χ3v) is 5.25. The minimum Gasteiger partial charge on any atom is -0.325 e. The summed E-state index contributed by atoms with van der Waals surface area (Å²) in [6, 6.07) is 3.72. The number of anilines is 1. The Labute approximate surface area is 126 Å². The molecule has 1 unspecified atom stereocenters. The SMILES string of the molecule is O=C(CCC1CNCC12CCCCC2)Nc1cccnc1. The molecule has 21 heavy (non-hydrogen) atoms. The Morgan fingerprint density at radius 1 is 1.38 bits per heavy atom. The summed E-state index contributed by atoms with van der Waals surface area (Å²) in [5.41, 5.74) is 1.27. The highest BCUT2D eigenvalue weighted by molar-refractivity contribution is 5.90. The number of hydrogen-bond acceptors (Lipinski definition) is 3. The van der Waals surface area contributed by atoms with E-state index in [1.807, 2.05) is 12.1 Å². The number of hydrogen-bond donors (Lipinski definition) is 2. The fourth-order valence-corrected chi connectivity index (χ4v) is 4.07. The molecule has 3 rings (SSSR count). The summed E-state index contributed by atoms with van der Waals surface area (Å²) in [6.45, 7) is 2.24.